The van der Waals surface area contributed by atoms with Crippen LogP contribution in [0.3, 0.4) is 0 Å². The number of halogens is 2. The molecule has 0 bridgehead atoms. The van der Waals surface area contributed by atoms with Crippen LogP contribution in [0, 0.1) is 11.6 Å². The van der Waals surface area contributed by atoms with E-state index in [0.717, 1.165) is 17.7 Å². The Bertz CT molecular complexity index is 632. The maximum atomic E-state index is 13.0. The second-order valence-corrected chi connectivity index (χ2v) is 4.02. The number of methoxy groups -OCH3 is 1. The van der Waals surface area contributed by atoms with Crippen LogP contribution in [0.5, 0.6) is 5.88 Å². The molecule has 0 atom stereocenters. The van der Waals surface area contributed by atoms with Crippen LogP contribution in [0.2, 0.25) is 0 Å². The molecule has 2 aromatic rings. The van der Waals surface area contributed by atoms with Gasteiger partial charge < -0.3 is 10.1 Å². The number of nitrogens with one attached hydrogen (secondary N) is 1. The normalized spacial score (nSPS) is 10.2. The van der Waals surface area contributed by atoms with E-state index >= 15 is 0 Å². The highest BCUT2D eigenvalue weighted by Crippen LogP contribution is 2.10. The molecule has 1 aromatic heterocycles. The summed E-state index contributed by atoms with van der Waals surface area (Å²) in [5.74, 6) is -2.09. The van der Waals surface area contributed by atoms with E-state index in [1.54, 1.807) is 18.3 Å². The molecule has 0 saturated carbocycles. The third-order valence-corrected chi connectivity index (χ3v) is 2.64. The standard InChI is InChI=1S/C14H12F2N2O2/c1-20-13-6-9(4-5-17-13)8-18-14(19)10-2-3-11(15)12(16)7-10/h2-7H,8H2,1H3,(H,18,19). The molecule has 6 heteroatoms. The number of carbonyl (C=O) groups excluding carboxylic acids is 1. The number of aromatic nitrogens is 1. The second kappa shape index (κ2) is 6.10. The number of benzene rings is 1. The Morgan fingerprint density at radius 2 is 2.05 bits per heavy atom. The lowest BCUT2D eigenvalue weighted by Crippen LogP contribution is -2.23. The van der Waals surface area contributed by atoms with E-state index in [0.29, 0.717) is 5.88 Å². The van der Waals surface area contributed by atoms with Crippen molar-refractivity contribution < 1.29 is 18.3 Å². The number of ether oxygens (including phenoxy) is 1. The lowest BCUT2D eigenvalue weighted by Gasteiger charge is -2.06. The summed E-state index contributed by atoms with van der Waals surface area (Å²) in [7, 11) is 1.49. The van der Waals surface area contributed by atoms with Crippen LogP contribution in [0.1, 0.15) is 15.9 Å². The fourth-order valence-electron chi connectivity index (χ4n) is 1.59. The van der Waals surface area contributed by atoms with Crippen molar-refractivity contribution in [3.63, 3.8) is 0 Å². The number of pyridine rings is 1. The van der Waals surface area contributed by atoms with Crippen molar-refractivity contribution in [2.24, 2.45) is 0 Å². The van der Waals surface area contributed by atoms with Crippen LogP contribution in [0.25, 0.3) is 0 Å². The Morgan fingerprint density at radius 3 is 2.75 bits per heavy atom. The number of carbonyl (C=O) groups is 1. The monoisotopic (exact) mass is 278 g/mol. The highest BCUT2D eigenvalue weighted by atomic mass is 19.2. The van der Waals surface area contributed by atoms with Gasteiger partial charge in [-0.3, -0.25) is 4.79 Å². The molecule has 104 valence electrons. The molecule has 0 radical (unpaired) electrons. The summed E-state index contributed by atoms with van der Waals surface area (Å²) in [6.07, 6.45) is 1.55. The van der Waals surface area contributed by atoms with Gasteiger partial charge in [0.15, 0.2) is 11.6 Å². The Kier molecular flexibility index (Phi) is 4.24. The zero-order valence-electron chi connectivity index (χ0n) is 10.7. The third kappa shape index (κ3) is 3.28. The third-order valence-electron chi connectivity index (χ3n) is 2.64. The molecule has 0 fully saturated rings. The minimum atomic E-state index is -1.05. The quantitative estimate of drug-likeness (QED) is 0.933. The number of amides is 1. The van der Waals surface area contributed by atoms with Crippen molar-refractivity contribution >= 4 is 5.91 Å². The minimum Gasteiger partial charge on any atom is -0.481 e. The van der Waals surface area contributed by atoms with Crippen LogP contribution in [0.15, 0.2) is 36.5 Å². The first-order valence-electron chi connectivity index (χ1n) is 5.82. The van der Waals surface area contributed by atoms with E-state index in [4.69, 9.17) is 4.74 Å². The molecular formula is C14H12F2N2O2. The van der Waals surface area contributed by atoms with E-state index in [1.165, 1.54) is 13.2 Å². The van der Waals surface area contributed by atoms with Crippen molar-refractivity contribution in [3.05, 3.63) is 59.3 Å². The highest BCUT2D eigenvalue weighted by Gasteiger charge is 2.09. The Labute approximate surface area is 114 Å². The van der Waals surface area contributed by atoms with Crippen LogP contribution in [0.4, 0.5) is 8.78 Å². The molecule has 0 aliphatic carbocycles. The maximum absolute atomic E-state index is 13.0. The fraction of sp³-hybridized carbons (Fsp3) is 0.143. The van der Waals surface area contributed by atoms with Crippen LogP contribution < -0.4 is 10.1 Å². The van der Waals surface area contributed by atoms with Crippen molar-refractivity contribution in [1.29, 1.82) is 0 Å². The van der Waals surface area contributed by atoms with E-state index in [2.05, 4.69) is 10.3 Å². The average Bonchev–Trinajstić information content (AvgIpc) is 2.47. The van der Waals surface area contributed by atoms with Gasteiger partial charge in [0.1, 0.15) is 0 Å². The summed E-state index contributed by atoms with van der Waals surface area (Å²) in [5, 5.41) is 2.60. The predicted molar refractivity (Wildman–Crippen MR) is 68.3 cm³/mol. The molecule has 2 rings (SSSR count). The molecule has 20 heavy (non-hydrogen) atoms. The van der Waals surface area contributed by atoms with E-state index in [-0.39, 0.29) is 12.1 Å². The summed E-state index contributed by atoms with van der Waals surface area (Å²) >= 11 is 0. The number of hydrogen-bond acceptors (Lipinski definition) is 3. The SMILES string of the molecule is COc1cc(CNC(=O)c2ccc(F)c(F)c2)ccn1. The Balaban J connectivity index is 2.02. The highest BCUT2D eigenvalue weighted by molar-refractivity contribution is 5.94. The van der Waals surface area contributed by atoms with Gasteiger partial charge in [0.05, 0.1) is 7.11 Å². The number of hydrogen-bond donors (Lipinski definition) is 1. The summed E-state index contributed by atoms with van der Waals surface area (Å²) in [5.41, 5.74) is 0.845. The van der Waals surface area contributed by atoms with Crippen LogP contribution in [-0.2, 0) is 6.54 Å². The molecule has 0 unspecified atom stereocenters. The molecule has 1 heterocycles. The van der Waals surface area contributed by atoms with Gasteiger partial charge in [-0.05, 0) is 29.8 Å². The van der Waals surface area contributed by atoms with Gasteiger partial charge in [-0.1, -0.05) is 0 Å². The molecule has 1 aromatic carbocycles. The molecule has 0 aliphatic rings. The first-order chi connectivity index (χ1) is 9.60. The zero-order valence-corrected chi connectivity index (χ0v) is 10.7. The van der Waals surface area contributed by atoms with Gasteiger partial charge in [-0.15, -0.1) is 0 Å². The van der Waals surface area contributed by atoms with E-state index in [9.17, 15) is 13.6 Å². The van der Waals surface area contributed by atoms with Gasteiger partial charge in [-0.2, -0.15) is 0 Å². The summed E-state index contributed by atoms with van der Waals surface area (Å²) < 4.78 is 30.8. The number of nitrogens with zero attached hydrogens (tertiary/aromatic N) is 1. The minimum absolute atomic E-state index is 0.0601. The second-order valence-electron chi connectivity index (χ2n) is 4.02. The first-order valence-corrected chi connectivity index (χ1v) is 5.82. The van der Waals surface area contributed by atoms with Gasteiger partial charge in [0.2, 0.25) is 5.88 Å². The van der Waals surface area contributed by atoms with Crippen LogP contribution >= 0.6 is 0 Å². The first kappa shape index (κ1) is 13.9. The van der Waals surface area contributed by atoms with E-state index in [1.807, 2.05) is 0 Å². The summed E-state index contributed by atoms with van der Waals surface area (Å²) in [6.45, 7) is 0.233. The van der Waals surface area contributed by atoms with E-state index < -0.39 is 17.5 Å². The van der Waals surface area contributed by atoms with Crippen LogP contribution in [-0.4, -0.2) is 18.0 Å². The molecule has 0 saturated heterocycles. The maximum Gasteiger partial charge on any atom is 0.251 e. The molecule has 1 N–H and O–H groups in total. The smallest absolute Gasteiger partial charge is 0.251 e. The van der Waals surface area contributed by atoms with Crippen molar-refractivity contribution in [1.82, 2.24) is 10.3 Å². The topological polar surface area (TPSA) is 51.2 Å². The Morgan fingerprint density at radius 1 is 1.25 bits per heavy atom. The van der Waals surface area contributed by atoms with Gasteiger partial charge in [0, 0.05) is 24.4 Å². The number of rotatable bonds is 4. The predicted octanol–water partition coefficient (Wildman–Crippen LogP) is 2.30. The molecule has 4 nitrogen and oxygen atoms in total. The molecular weight excluding hydrogens is 266 g/mol. The van der Waals surface area contributed by atoms with Gasteiger partial charge >= 0.3 is 0 Å². The van der Waals surface area contributed by atoms with Crippen molar-refractivity contribution in [3.8, 4) is 5.88 Å². The van der Waals surface area contributed by atoms with Gasteiger partial charge in [-0.25, -0.2) is 13.8 Å². The lowest BCUT2D eigenvalue weighted by molar-refractivity contribution is 0.0950. The summed E-state index contributed by atoms with van der Waals surface area (Å²) in [4.78, 5) is 15.7. The van der Waals surface area contributed by atoms with Crippen molar-refractivity contribution in [2.75, 3.05) is 7.11 Å². The van der Waals surface area contributed by atoms with Crippen molar-refractivity contribution in [2.45, 2.75) is 6.54 Å². The summed E-state index contributed by atoms with van der Waals surface area (Å²) in [6, 6.07) is 6.39. The fourth-order valence-corrected chi connectivity index (χ4v) is 1.59. The zero-order chi connectivity index (χ0) is 14.5. The largest absolute Gasteiger partial charge is 0.481 e. The average molecular weight is 278 g/mol. The molecule has 0 aliphatic heterocycles. The lowest BCUT2D eigenvalue weighted by atomic mass is 10.2. The Hall–Kier alpha value is -2.50. The van der Waals surface area contributed by atoms with Gasteiger partial charge in [0.25, 0.3) is 5.91 Å². The molecule has 1 amide bonds. The molecule has 0 spiro atoms.